The Morgan fingerprint density at radius 2 is 1.93 bits per heavy atom. The summed E-state index contributed by atoms with van der Waals surface area (Å²) in [5.41, 5.74) is 8.28. The van der Waals surface area contributed by atoms with Gasteiger partial charge in [-0.1, -0.05) is 0 Å². The first-order valence-electron chi connectivity index (χ1n) is 10.0. The van der Waals surface area contributed by atoms with E-state index in [-0.39, 0.29) is 5.75 Å². The number of hydrogen-bond donors (Lipinski definition) is 3. The molecule has 2 fully saturated rings. The van der Waals surface area contributed by atoms with Crippen LogP contribution in [0.4, 0.5) is 11.5 Å². The number of nitrogens with one attached hydrogen (secondary N) is 1. The molecule has 0 saturated carbocycles. The highest BCUT2D eigenvalue weighted by Gasteiger charge is 2.35. The van der Waals surface area contributed by atoms with E-state index in [0.717, 1.165) is 24.3 Å². The maximum absolute atomic E-state index is 10.5. The van der Waals surface area contributed by atoms with Crippen LogP contribution in [0.1, 0.15) is 25.7 Å². The Hall–Kier alpha value is -3.13. The molecule has 0 radical (unpaired) electrons. The molecule has 3 atom stereocenters. The molecule has 5 rings (SSSR count). The second-order valence-electron chi connectivity index (χ2n) is 8.07. The largest absolute Gasteiger partial charge is 0.507 e. The average Bonchev–Trinajstić information content (AvgIpc) is 3.32. The maximum atomic E-state index is 10.5. The summed E-state index contributed by atoms with van der Waals surface area (Å²) in [4.78, 5) is 2.24. The molecule has 29 heavy (non-hydrogen) atoms. The van der Waals surface area contributed by atoms with Gasteiger partial charge in [0.2, 0.25) is 0 Å². The van der Waals surface area contributed by atoms with E-state index < -0.39 is 0 Å². The van der Waals surface area contributed by atoms with Crippen molar-refractivity contribution in [1.82, 2.24) is 25.3 Å². The van der Waals surface area contributed by atoms with Crippen LogP contribution in [0.3, 0.4) is 0 Å². The van der Waals surface area contributed by atoms with E-state index in [1.807, 2.05) is 24.3 Å². The van der Waals surface area contributed by atoms with Gasteiger partial charge in [0, 0.05) is 36.8 Å². The average molecular weight is 391 g/mol. The van der Waals surface area contributed by atoms with Gasteiger partial charge in [0.15, 0.2) is 5.82 Å². The zero-order valence-corrected chi connectivity index (χ0v) is 16.4. The zero-order valence-electron chi connectivity index (χ0n) is 16.4. The minimum atomic E-state index is 0.127. The molecule has 1 unspecified atom stereocenters. The van der Waals surface area contributed by atoms with Crippen molar-refractivity contribution in [3.63, 3.8) is 0 Å². The standard InChI is InChI=1S/C21H25N7O/c1-27(17-8-14-2-3-15(9-17)24-14)21-7-6-19(25-26-21)18-5-4-16(10-20(18)29)28-12-13(22)11-23-28/h4-7,10-12,14-15,17,24,29H,2-3,8-9,22H2,1H3/t14-,15+,17?. The van der Waals surface area contributed by atoms with E-state index in [4.69, 9.17) is 5.73 Å². The highest BCUT2D eigenvalue weighted by molar-refractivity contribution is 5.69. The van der Waals surface area contributed by atoms with Gasteiger partial charge in [-0.3, -0.25) is 0 Å². The third kappa shape index (κ3) is 3.40. The topological polar surface area (TPSA) is 105 Å². The van der Waals surface area contributed by atoms with Crippen molar-refractivity contribution in [1.29, 1.82) is 0 Å². The van der Waals surface area contributed by atoms with Crippen LogP contribution in [0.5, 0.6) is 5.75 Å². The van der Waals surface area contributed by atoms with Gasteiger partial charge in [-0.25, -0.2) is 4.68 Å². The molecule has 0 spiro atoms. The predicted octanol–water partition coefficient (Wildman–Crippen LogP) is 2.34. The van der Waals surface area contributed by atoms with Crippen LogP contribution in [0.2, 0.25) is 0 Å². The molecule has 2 aliphatic heterocycles. The quantitative estimate of drug-likeness (QED) is 0.627. The SMILES string of the molecule is CN(c1ccc(-c2ccc(-n3cc(N)cn3)cc2O)nn1)C1C[C@H]2CC[C@@H](C1)N2. The number of nitrogens with zero attached hydrogens (tertiary/aromatic N) is 5. The van der Waals surface area contributed by atoms with Crippen molar-refractivity contribution in [2.75, 3.05) is 17.7 Å². The third-order valence-electron chi connectivity index (χ3n) is 6.13. The van der Waals surface area contributed by atoms with Crippen LogP contribution in [0, 0.1) is 0 Å². The summed E-state index contributed by atoms with van der Waals surface area (Å²) in [7, 11) is 2.10. The van der Waals surface area contributed by atoms with Crippen molar-refractivity contribution in [3.8, 4) is 22.7 Å². The van der Waals surface area contributed by atoms with Gasteiger partial charge < -0.3 is 21.1 Å². The fourth-order valence-corrected chi connectivity index (χ4v) is 4.54. The Kier molecular flexibility index (Phi) is 4.35. The minimum Gasteiger partial charge on any atom is -0.507 e. The molecular weight excluding hydrogens is 366 g/mol. The van der Waals surface area contributed by atoms with Crippen molar-refractivity contribution in [2.45, 2.75) is 43.8 Å². The second-order valence-corrected chi connectivity index (χ2v) is 8.07. The molecule has 2 aromatic heterocycles. The number of nitrogen functional groups attached to an aromatic ring is 1. The fourth-order valence-electron chi connectivity index (χ4n) is 4.54. The van der Waals surface area contributed by atoms with Crippen LogP contribution in [0.25, 0.3) is 16.9 Å². The summed E-state index contributed by atoms with van der Waals surface area (Å²) in [5, 5.41) is 27.2. The van der Waals surface area contributed by atoms with Crippen molar-refractivity contribution in [2.24, 2.45) is 0 Å². The first-order chi connectivity index (χ1) is 14.1. The number of aromatic hydroxyl groups is 1. The number of rotatable bonds is 4. The van der Waals surface area contributed by atoms with E-state index in [1.165, 1.54) is 12.8 Å². The molecule has 4 heterocycles. The fraction of sp³-hybridized carbons (Fsp3) is 0.381. The van der Waals surface area contributed by atoms with Crippen LogP contribution in [-0.4, -0.2) is 50.3 Å². The molecule has 150 valence electrons. The number of phenolic OH excluding ortho intramolecular Hbond substituents is 1. The molecule has 8 heteroatoms. The number of fused-ring (bicyclic) bond motifs is 2. The zero-order chi connectivity index (χ0) is 20.0. The summed E-state index contributed by atoms with van der Waals surface area (Å²) in [5.74, 6) is 0.991. The molecule has 2 aliphatic rings. The molecular formula is C21H25N7O. The number of nitrogens with two attached hydrogens (primary N) is 1. The number of aromatic nitrogens is 4. The highest BCUT2D eigenvalue weighted by atomic mass is 16.3. The summed E-state index contributed by atoms with van der Waals surface area (Å²) in [6.45, 7) is 0. The van der Waals surface area contributed by atoms with Gasteiger partial charge in [-0.15, -0.1) is 10.2 Å². The second kappa shape index (κ2) is 7.04. The van der Waals surface area contributed by atoms with Gasteiger partial charge in [0.25, 0.3) is 0 Å². The molecule has 3 aromatic rings. The van der Waals surface area contributed by atoms with Crippen LogP contribution >= 0.6 is 0 Å². The molecule has 8 nitrogen and oxygen atoms in total. The Labute approximate surface area is 169 Å². The summed E-state index contributed by atoms with van der Waals surface area (Å²) >= 11 is 0. The maximum Gasteiger partial charge on any atom is 0.151 e. The Morgan fingerprint density at radius 1 is 1.14 bits per heavy atom. The van der Waals surface area contributed by atoms with E-state index in [2.05, 4.69) is 32.6 Å². The van der Waals surface area contributed by atoms with E-state index in [9.17, 15) is 5.11 Å². The Morgan fingerprint density at radius 3 is 2.55 bits per heavy atom. The molecule has 4 N–H and O–H groups in total. The van der Waals surface area contributed by atoms with Gasteiger partial charge in [0.05, 0.1) is 29.5 Å². The summed E-state index contributed by atoms with van der Waals surface area (Å²) in [6.07, 6.45) is 8.12. The van der Waals surface area contributed by atoms with Crippen LogP contribution < -0.4 is 16.0 Å². The molecule has 1 aromatic carbocycles. The number of anilines is 2. The number of phenols is 1. The molecule has 2 bridgehead atoms. The number of piperidine rings is 1. The van der Waals surface area contributed by atoms with Gasteiger partial charge in [-0.05, 0) is 49.9 Å². The van der Waals surface area contributed by atoms with E-state index >= 15 is 0 Å². The smallest absolute Gasteiger partial charge is 0.151 e. The van der Waals surface area contributed by atoms with Crippen molar-refractivity contribution in [3.05, 3.63) is 42.7 Å². The third-order valence-corrected chi connectivity index (χ3v) is 6.13. The normalized spacial score (nSPS) is 23.3. The van der Waals surface area contributed by atoms with Crippen LogP contribution in [0.15, 0.2) is 42.7 Å². The van der Waals surface area contributed by atoms with E-state index in [1.54, 1.807) is 23.1 Å². The molecule has 0 amide bonds. The first kappa shape index (κ1) is 17.9. The predicted molar refractivity (Wildman–Crippen MR) is 112 cm³/mol. The molecule has 0 aliphatic carbocycles. The van der Waals surface area contributed by atoms with E-state index in [0.29, 0.717) is 35.1 Å². The van der Waals surface area contributed by atoms with Crippen molar-refractivity contribution >= 4 is 11.5 Å². The lowest BCUT2D eigenvalue weighted by molar-refractivity contribution is 0.353. The Balaban J connectivity index is 1.34. The van der Waals surface area contributed by atoms with Gasteiger partial charge in [-0.2, -0.15) is 5.10 Å². The molecule has 2 saturated heterocycles. The lowest BCUT2D eigenvalue weighted by Crippen LogP contribution is -2.47. The summed E-state index contributed by atoms with van der Waals surface area (Å²) in [6, 6.07) is 11.0. The minimum absolute atomic E-state index is 0.127. The number of hydrogen-bond acceptors (Lipinski definition) is 7. The number of benzene rings is 1. The monoisotopic (exact) mass is 391 g/mol. The highest BCUT2D eigenvalue weighted by Crippen LogP contribution is 2.32. The first-order valence-corrected chi connectivity index (χ1v) is 10.0. The van der Waals surface area contributed by atoms with Gasteiger partial charge in [0.1, 0.15) is 5.75 Å². The van der Waals surface area contributed by atoms with Crippen LogP contribution in [-0.2, 0) is 0 Å². The Bertz CT molecular complexity index is 1000. The summed E-state index contributed by atoms with van der Waals surface area (Å²) < 4.78 is 1.62. The van der Waals surface area contributed by atoms with Gasteiger partial charge >= 0.3 is 0 Å². The lowest BCUT2D eigenvalue weighted by atomic mass is 9.98. The lowest BCUT2D eigenvalue weighted by Gasteiger charge is -2.36. The van der Waals surface area contributed by atoms with Crippen molar-refractivity contribution < 1.29 is 5.11 Å².